The normalized spacial score (nSPS) is 11.1. The zero-order chi connectivity index (χ0) is 21.6. The van der Waals surface area contributed by atoms with Crippen LogP contribution in [-0.4, -0.2) is 30.3 Å². The minimum atomic E-state index is -4.60. The number of hydrogen-bond acceptors (Lipinski definition) is 5. The van der Waals surface area contributed by atoms with E-state index in [9.17, 15) is 31.1 Å². The molecule has 1 amide bonds. The summed E-state index contributed by atoms with van der Waals surface area (Å²) in [5.41, 5.74) is -0.180. The Hall–Kier alpha value is -3.49. The van der Waals surface area contributed by atoms with E-state index in [-0.39, 0.29) is 29.0 Å². The lowest BCUT2D eigenvalue weighted by atomic mass is 10.1. The number of carbonyl (C=O) groups excluding carboxylic acids is 1. The van der Waals surface area contributed by atoms with Gasteiger partial charge < -0.3 is 14.8 Å². The van der Waals surface area contributed by atoms with Gasteiger partial charge in [-0.3, -0.25) is 4.79 Å². The SMILES string of the molecule is N#Cc1ccc(OCC(F)(F)F)c(CNC(=O)c2cnc(OC(F)F)c(F)c2)c1. The van der Waals surface area contributed by atoms with Gasteiger partial charge in [0.15, 0.2) is 12.4 Å². The molecule has 0 aliphatic rings. The molecule has 154 valence electrons. The Labute approximate surface area is 159 Å². The molecule has 0 unspecified atom stereocenters. The van der Waals surface area contributed by atoms with Crippen molar-refractivity contribution < 1.29 is 40.6 Å². The third-order valence-corrected chi connectivity index (χ3v) is 3.29. The number of amides is 1. The summed E-state index contributed by atoms with van der Waals surface area (Å²) in [6.45, 7) is -5.25. The van der Waals surface area contributed by atoms with E-state index < -0.39 is 37.0 Å². The van der Waals surface area contributed by atoms with Gasteiger partial charge >= 0.3 is 12.8 Å². The smallest absolute Gasteiger partial charge is 0.422 e. The van der Waals surface area contributed by atoms with Gasteiger partial charge in [-0.15, -0.1) is 0 Å². The number of nitrogens with one attached hydrogen (secondary N) is 1. The molecule has 1 heterocycles. The van der Waals surface area contributed by atoms with Crippen molar-refractivity contribution in [3.63, 3.8) is 0 Å². The second kappa shape index (κ2) is 9.13. The van der Waals surface area contributed by atoms with Crippen LogP contribution in [0.1, 0.15) is 21.5 Å². The van der Waals surface area contributed by atoms with Crippen LogP contribution in [0.4, 0.5) is 26.3 Å². The topological polar surface area (TPSA) is 84.2 Å². The van der Waals surface area contributed by atoms with Gasteiger partial charge in [-0.25, -0.2) is 9.37 Å². The summed E-state index contributed by atoms with van der Waals surface area (Å²) >= 11 is 0. The number of nitriles is 1. The molecule has 0 atom stereocenters. The van der Waals surface area contributed by atoms with Gasteiger partial charge in [0.2, 0.25) is 0 Å². The lowest BCUT2D eigenvalue weighted by Crippen LogP contribution is -2.24. The predicted molar refractivity (Wildman–Crippen MR) is 84.7 cm³/mol. The number of benzene rings is 1. The predicted octanol–water partition coefficient (Wildman–Crippen LogP) is 3.56. The first kappa shape index (κ1) is 21.8. The van der Waals surface area contributed by atoms with Crippen molar-refractivity contribution in [3.8, 4) is 17.7 Å². The van der Waals surface area contributed by atoms with Gasteiger partial charge in [-0.1, -0.05) is 0 Å². The van der Waals surface area contributed by atoms with Gasteiger partial charge in [0, 0.05) is 18.3 Å². The van der Waals surface area contributed by atoms with Crippen LogP contribution >= 0.6 is 0 Å². The molecule has 6 nitrogen and oxygen atoms in total. The standard InChI is InChI=1S/C17H11F6N3O3/c18-12-4-11(7-26-15(12)29-16(19)20)14(27)25-6-10-3-9(5-24)1-2-13(10)28-8-17(21,22)23/h1-4,7,16H,6,8H2,(H,25,27). The lowest BCUT2D eigenvalue weighted by molar-refractivity contribution is -0.153. The molecule has 0 spiro atoms. The minimum Gasteiger partial charge on any atom is -0.484 e. The van der Waals surface area contributed by atoms with Crippen molar-refractivity contribution in [3.05, 3.63) is 53.0 Å². The Morgan fingerprint density at radius 2 is 2.00 bits per heavy atom. The zero-order valence-electron chi connectivity index (χ0n) is 14.3. The van der Waals surface area contributed by atoms with Crippen LogP contribution in [0.15, 0.2) is 30.5 Å². The molecule has 0 saturated heterocycles. The zero-order valence-corrected chi connectivity index (χ0v) is 14.3. The van der Waals surface area contributed by atoms with E-state index in [0.29, 0.717) is 6.07 Å². The van der Waals surface area contributed by atoms with Gasteiger partial charge in [-0.05, 0) is 24.3 Å². The van der Waals surface area contributed by atoms with Crippen molar-refractivity contribution in [2.45, 2.75) is 19.3 Å². The van der Waals surface area contributed by atoms with E-state index >= 15 is 0 Å². The second-order valence-electron chi connectivity index (χ2n) is 5.41. The molecule has 0 radical (unpaired) electrons. The van der Waals surface area contributed by atoms with E-state index in [1.54, 1.807) is 6.07 Å². The summed E-state index contributed by atoms with van der Waals surface area (Å²) < 4.78 is 83.4. The molecular formula is C17H11F6N3O3. The van der Waals surface area contributed by atoms with Crippen LogP contribution in [0.3, 0.4) is 0 Å². The van der Waals surface area contributed by atoms with Crippen LogP contribution in [0.5, 0.6) is 11.6 Å². The van der Waals surface area contributed by atoms with E-state index in [1.807, 2.05) is 0 Å². The molecule has 0 saturated carbocycles. The van der Waals surface area contributed by atoms with Crippen LogP contribution in [0.2, 0.25) is 0 Å². The average molecular weight is 419 g/mol. The fourth-order valence-corrected chi connectivity index (χ4v) is 2.09. The number of aromatic nitrogens is 1. The molecule has 2 aromatic rings. The number of alkyl halides is 5. The van der Waals surface area contributed by atoms with Crippen LogP contribution in [0.25, 0.3) is 0 Å². The average Bonchev–Trinajstić information content (AvgIpc) is 2.65. The maximum absolute atomic E-state index is 13.6. The highest BCUT2D eigenvalue weighted by molar-refractivity contribution is 5.93. The molecule has 0 fully saturated rings. The Balaban J connectivity index is 2.12. The summed E-state index contributed by atoms with van der Waals surface area (Å²) in [5.74, 6) is -3.42. The number of nitrogens with zero attached hydrogens (tertiary/aromatic N) is 2. The fourth-order valence-electron chi connectivity index (χ4n) is 2.09. The third-order valence-electron chi connectivity index (χ3n) is 3.29. The van der Waals surface area contributed by atoms with Crippen LogP contribution in [0, 0.1) is 17.1 Å². The van der Waals surface area contributed by atoms with Crippen molar-refractivity contribution in [2.24, 2.45) is 0 Å². The van der Waals surface area contributed by atoms with Gasteiger partial charge in [0.25, 0.3) is 11.8 Å². The first-order chi connectivity index (χ1) is 13.6. The van der Waals surface area contributed by atoms with Crippen molar-refractivity contribution in [2.75, 3.05) is 6.61 Å². The Morgan fingerprint density at radius 3 is 2.59 bits per heavy atom. The number of carbonyl (C=O) groups is 1. The summed E-state index contributed by atoms with van der Waals surface area (Å²) in [6, 6.07) is 5.98. The molecule has 1 N–H and O–H groups in total. The Kier molecular flexibility index (Phi) is 6.87. The van der Waals surface area contributed by atoms with E-state index in [4.69, 9.17) is 5.26 Å². The molecular weight excluding hydrogens is 408 g/mol. The van der Waals surface area contributed by atoms with Crippen molar-refractivity contribution >= 4 is 5.91 Å². The highest BCUT2D eigenvalue weighted by atomic mass is 19.4. The van der Waals surface area contributed by atoms with Gasteiger partial charge in [-0.2, -0.15) is 27.2 Å². The van der Waals surface area contributed by atoms with E-state index in [0.717, 1.165) is 12.3 Å². The highest BCUT2D eigenvalue weighted by Crippen LogP contribution is 2.24. The molecule has 1 aromatic heterocycles. The number of hydrogen-bond donors (Lipinski definition) is 1. The quantitative estimate of drug-likeness (QED) is 0.694. The molecule has 2 rings (SSSR count). The summed E-state index contributed by atoms with van der Waals surface area (Å²) in [6.07, 6.45) is -3.82. The maximum Gasteiger partial charge on any atom is 0.422 e. The van der Waals surface area contributed by atoms with Crippen LogP contribution in [-0.2, 0) is 6.54 Å². The molecule has 0 aliphatic heterocycles. The van der Waals surface area contributed by atoms with Crippen LogP contribution < -0.4 is 14.8 Å². The lowest BCUT2D eigenvalue weighted by Gasteiger charge is -2.14. The number of halogens is 6. The summed E-state index contributed by atoms with van der Waals surface area (Å²) in [4.78, 5) is 15.4. The molecule has 0 aliphatic carbocycles. The van der Waals surface area contributed by atoms with Crippen molar-refractivity contribution in [1.29, 1.82) is 5.26 Å². The largest absolute Gasteiger partial charge is 0.484 e. The maximum atomic E-state index is 13.6. The Morgan fingerprint density at radius 1 is 1.28 bits per heavy atom. The molecule has 12 heteroatoms. The Bertz CT molecular complexity index is 928. The van der Waals surface area contributed by atoms with Gasteiger partial charge in [0.05, 0.1) is 17.2 Å². The molecule has 1 aromatic carbocycles. The van der Waals surface area contributed by atoms with Crippen molar-refractivity contribution in [1.82, 2.24) is 10.3 Å². The first-order valence-corrected chi connectivity index (χ1v) is 7.70. The second-order valence-corrected chi connectivity index (χ2v) is 5.41. The minimum absolute atomic E-state index is 0.0627. The molecule has 29 heavy (non-hydrogen) atoms. The summed E-state index contributed by atoms with van der Waals surface area (Å²) in [5, 5.41) is 11.2. The highest BCUT2D eigenvalue weighted by Gasteiger charge is 2.29. The number of ether oxygens (including phenoxy) is 2. The third kappa shape index (κ3) is 6.56. The van der Waals surface area contributed by atoms with E-state index in [1.165, 1.54) is 12.1 Å². The van der Waals surface area contributed by atoms with Gasteiger partial charge in [0.1, 0.15) is 5.75 Å². The fraction of sp³-hybridized carbons (Fsp3) is 0.235. The summed E-state index contributed by atoms with van der Waals surface area (Å²) in [7, 11) is 0. The first-order valence-electron chi connectivity index (χ1n) is 7.70. The number of rotatable bonds is 7. The molecule has 0 bridgehead atoms. The van der Waals surface area contributed by atoms with E-state index in [2.05, 4.69) is 19.8 Å². The number of pyridine rings is 1. The monoisotopic (exact) mass is 419 g/mol.